The molecule has 1 heterocycles. The molecule has 0 saturated carbocycles. The fourth-order valence-electron chi connectivity index (χ4n) is 2.98. The summed E-state index contributed by atoms with van der Waals surface area (Å²) in [6.07, 6.45) is 2.00. The number of aryl methyl sites for hydroxylation is 1. The first-order valence-electron chi connectivity index (χ1n) is 8.19. The smallest absolute Gasteiger partial charge is 0.257 e. The van der Waals surface area contributed by atoms with Crippen molar-refractivity contribution < 1.29 is 14.0 Å². The highest BCUT2D eigenvalue weighted by molar-refractivity contribution is 6.34. The predicted octanol–water partition coefficient (Wildman–Crippen LogP) is 4.42. The number of fused-ring (bicyclic) bond motifs is 1. The van der Waals surface area contributed by atoms with Gasteiger partial charge >= 0.3 is 0 Å². The molecule has 2 aromatic rings. The number of amides is 2. The fourth-order valence-corrected chi connectivity index (χ4v) is 3.23. The van der Waals surface area contributed by atoms with Crippen molar-refractivity contribution in [3.63, 3.8) is 0 Å². The van der Waals surface area contributed by atoms with Gasteiger partial charge in [0.15, 0.2) is 0 Å². The van der Waals surface area contributed by atoms with E-state index in [0.29, 0.717) is 25.1 Å². The van der Waals surface area contributed by atoms with E-state index in [2.05, 4.69) is 5.32 Å². The van der Waals surface area contributed by atoms with Gasteiger partial charge in [0.25, 0.3) is 5.91 Å². The Bertz CT molecular complexity index is 838. The number of carbonyl (C=O) groups is 2. The van der Waals surface area contributed by atoms with Crippen molar-refractivity contribution in [2.75, 3.05) is 16.8 Å². The van der Waals surface area contributed by atoms with Crippen LogP contribution in [0.5, 0.6) is 0 Å². The lowest BCUT2D eigenvalue weighted by Crippen LogP contribution is -2.35. The minimum atomic E-state index is -0.490. The highest BCUT2D eigenvalue weighted by atomic mass is 35.5. The van der Waals surface area contributed by atoms with Gasteiger partial charge in [0.05, 0.1) is 10.6 Å². The lowest BCUT2D eigenvalue weighted by molar-refractivity contribution is -0.118. The number of nitrogens with one attached hydrogen (secondary N) is 1. The molecule has 0 aromatic heterocycles. The van der Waals surface area contributed by atoms with Crippen molar-refractivity contribution in [3.8, 4) is 0 Å². The van der Waals surface area contributed by atoms with Gasteiger partial charge in [-0.2, -0.15) is 0 Å². The first-order chi connectivity index (χ1) is 12.0. The first-order valence-corrected chi connectivity index (χ1v) is 8.57. The summed E-state index contributed by atoms with van der Waals surface area (Å²) >= 11 is 5.93. The molecule has 0 bridgehead atoms. The maximum Gasteiger partial charge on any atom is 0.257 e. The van der Waals surface area contributed by atoms with E-state index in [1.165, 1.54) is 12.1 Å². The van der Waals surface area contributed by atoms with Crippen LogP contribution >= 0.6 is 11.6 Å². The van der Waals surface area contributed by atoms with Gasteiger partial charge in [-0.1, -0.05) is 18.5 Å². The van der Waals surface area contributed by atoms with Gasteiger partial charge in [0, 0.05) is 24.3 Å². The Hall–Kier alpha value is -2.40. The van der Waals surface area contributed by atoms with Gasteiger partial charge < -0.3 is 10.2 Å². The zero-order chi connectivity index (χ0) is 18.0. The van der Waals surface area contributed by atoms with Crippen LogP contribution in [-0.2, 0) is 11.2 Å². The molecule has 2 aromatic carbocycles. The standard InChI is InChI=1S/C19H18ClFN2O2/c1-2-9-23-17-7-5-14(10-12(17)3-8-18(23)24)22-19(25)15-6-4-13(21)11-16(15)20/h4-7,10-11H,2-3,8-9H2,1H3,(H,22,25). The SMILES string of the molecule is CCCN1C(=O)CCc2cc(NC(=O)c3ccc(F)cc3Cl)ccc21. The van der Waals surface area contributed by atoms with Crippen LogP contribution in [0.1, 0.15) is 35.7 Å². The molecular weight excluding hydrogens is 343 g/mol. The molecule has 6 heteroatoms. The van der Waals surface area contributed by atoms with Crippen LogP contribution in [-0.4, -0.2) is 18.4 Å². The quantitative estimate of drug-likeness (QED) is 0.877. The van der Waals surface area contributed by atoms with Gasteiger partial charge in [0.1, 0.15) is 5.82 Å². The summed E-state index contributed by atoms with van der Waals surface area (Å²) in [5, 5.41) is 2.84. The number of benzene rings is 2. The van der Waals surface area contributed by atoms with Crippen LogP contribution in [0.25, 0.3) is 0 Å². The molecule has 0 fully saturated rings. The van der Waals surface area contributed by atoms with Crippen molar-refractivity contribution in [1.29, 1.82) is 0 Å². The lowest BCUT2D eigenvalue weighted by atomic mass is 10.00. The Morgan fingerprint density at radius 3 is 2.76 bits per heavy atom. The van der Waals surface area contributed by atoms with Gasteiger partial charge in [0.2, 0.25) is 5.91 Å². The summed E-state index contributed by atoms with van der Waals surface area (Å²) in [7, 11) is 0. The number of hydrogen-bond acceptors (Lipinski definition) is 2. The Kier molecular flexibility index (Phi) is 5.04. The molecule has 25 heavy (non-hydrogen) atoms. The third kappa shape index (κ3) is 3.66. The highest BCUT2D eigenvalue weighted by Gasteiger charge is 2.23. The van der Waals surface area contributed by atoms with E-state index in [1.807, 2.05) is 19.1 Å². The Morgan fingerprint density at radius 1 is 1.24 bits per heavy atom. The van der Waals surface area contributed by atoms with E-state index in [9.17, 15) is 14.0 Å². The molecular formula is C19H18ClFN2O2. The van der Waals surface area contributed by atoms with Gasteiger partial charge in [-0.25, -0.2) is 4.39 Å². The van der Waals surface area contributed by atoms with Crippen molar-refractivity contribution in [2.24, 2.45) is 0 Å². The molecule has 2 amide bonds. The molecule has 1 aliphatic heterocycles. The molecule has 0 radical (unpaired) electrons. The molecule has 0 unspecified atom stereocenters. The van der Waals surface area contributed by atoms with Gasteiger partial charge in [-0.05, 0) is 54.8 Å². The van der Waals surface area contributed by atoms with Crippen LogP contribution in [0, 0.1) is 5.82 Å². The number of nitrogens with zero attached hydrogens (tertiary/aromatic N) is 1. The third-order valence-corrected chi connectivity index (χ3v) is 4.47. The average molecular weight is 361 g/mol. The van der Waals surface area contributed by atoms with Crippen molar-refractivity contribution >= 4 is 34.8 Å². The lowest BCUT2D eigenvalue weighted by Gasteiger charge is -2.29. The number of hydrogen-bond donors (Lipinski definition) is 1. The summed E-state index contributed by atoms with van der Waals surface area (Å²) < 4.78 is 13.1. The summed E-state index contributed by atoms with van der Waals surface area (Å²) in [6.45, 7) is 2.71. The molecule has 0 atom stereocenters. The Morgan fingerprint density at radius 2 is 2.04 bits per heavy atom. The monoisotopic (exact) mass is 360 g/mol. The summed E-state index contributed by atoms with van der Waals surface area (Å²) in [4.78, 5) is 26.2. The normalized spacial score (nSPS) is 13.6. The molecule has 1 N–H and O–H groups in total. The molecule has 0 saturated heterocycles. The second kappa shape index (κ2) is 7.23. The Balaban J connectivity index is 1.83. The van der Waals surface area contributed by atoms with E-state index in [0.717, 1.165) is 23.7 Å². The number of anilines is 2. The van der Waals surface area contributed by atoms with E-state index in [1.54, 1.807) is 11.0 Å². The summed E-state index contributed by atoms with van der Waals surface area (Å²) in [5.74, 6) is -0.762. The van der Waals surface area contributed by atoms with Crippen LogP contribution in [0.4, 0.5) is 15.8 Å². The summed E-state index contributed by atoms with van der Waals surface area (Å²) in [5.41, 5.74) is 2.76. The number of halogens is 2. The van der Waals surface area contributed by atoms with Crippen molar-refractivity contribution in [3.05, 3.63) is 58.4 Å². The maximum absolute atomic E-state index is 13.1. The van der Waals surface area contributed by atoms with Gasteiger partial charge in [-0.15, -0.1) is 0 Å². The minimum Gasteiger partial charge on any atom is -0.322 e. The molecule has 3 rings (SSSR count). The topological polar surface area (TPSA) is 49.4 Å². The summed E-state index contributed by atoms with van der Waals surface area (Å²) in [6, 6.07) is 9.14. The molecule has 1 aliphatic rings. The van der Waals surface area contributed by atoms with Crippen LogP contribution in [0.2, 0.25) is 5.02 Å². The third-order valence-electron chi connectivity index (χ3n) is 4.16. The fraction of sp³-hybridized carbons (Fsp3) is 0.263. The number of carbonyl (C=O) groups excluding carboxylic acids is 2. The first kappa shape index (κ1) is 17.4. The molecule has 130 valence electrons. The maximum atomic E-state index is 13.1. The zero-order valence-electron chi connectivity index (χ0n) is 13.8. The molecule has 4 nitrogen and oxygen atoms in total. The average Bonchev–Trinajstić information content (AvgIpc) is 2.57. The van der Waals surface area contributed by atoms with Crippen LogP contribution in [0.3, 0.4) is 0 Å². The zero-order valence-corrected chi connectivity index (χ0v) is 14.6. The van der Waals surface area contributed by atoms with Gasteiger partial charge in [-0.3, -0.25) is 9.59 Å². The second-order valence-electron chi connectivity index (χ2n) is 5.97. The second-order valence-corrected chi connectivity index (χ2v) is 6.37. The number of rotatable bonds is 4. The molecule has 0 aliphatic carbocycles. The van der Waals surface area contributed by atoms with E-state index in [-0.39, 0.29) is 16.5 Å². The molecule has 0 spiro atoms. The van der Waals surface area contributed by atoms with Crippen LogP contribution < -0.4 is 10.2 Å². The van der Waals surface area contributed by atoms with E-state index < -0.39 is 11.7 Å². The minimum absolute atomic E-state index is 0.0650. The highest BCUT2D eigenvalue weighted by Crippen LogP contribution is 2.31. The van der Waals surface area contributed by atoms with E-state index >= 15 is 0 Å². The predicted molar refractivity (Wildman–Crippen MR) is 96.8 cm³/mol. The largest absolute Gasteiger partial charge is 0.322 e. The van der Waals surface area contributed by atoms with Crippen LogP contribution in [0.15, 0.2) is 36.4 Å². The van der Waals surface area contributed by atoms with Crippen molar-refractivity contribution in [2.45, 2.75) is 26.2 Å². The Labute approximate surface area is 150 Å². The van der Waals surface area contributed by atoms with Crippen molar-refractivity contribution in [1.82, 2.24) is 0 Å². The van der Waals surface area contributed by atoms with E-state index in [4.69, 9.17) is 11.6 Å².